The third kappa shape index (κ3) is 6.77. The van der Waals surface area contributed by atoms with Gasteiger partial charge >= 0.3 is 19.1 Å². The fourth-order valence-electron chi connectivity index (χ4n) is 2.11. The van der Waals surface area contributed by atoms with Crippen molar-refractivity contribution in [3.05, 3.63) is 25.7 Å². The van der Waals surface area contributed by atoms with Gasteiger partial charge in [-0.2, -0.15) is 0 Å². The summed E-state index contributed by atoms with van der Waals surface area (Å²) in [5.41, 5.74) is -1.44. The van der Waals surface area contributed by atoms with Crippen LogP contribution in [0.15, 0.2) is 25.7 Å². The van der Waals surface area contributed by atoms with Crippen LogP contribution in [0.3, 0.4) is 0 Å². The van der Waals surface area contributed by atoms with Crippen molar-refractivity contribution in [1.29, 1.82) is 0 Å². The minimum Gasteiger partial charge on any atom is -0.435 e. The van der Waals surface area contributed by atoms with Crippen molar-refractivity contribution in [1.82, 2.24) is 0 Å². The highest BCUT2D eigenvalue weighted by molar-refractivity contribution is 6.42. The van der Waals surface area contributed by atoms with Gasteiger partial charge in [0.15, 0.2) is 5.79 Å². The van der Waals surface area contributed by atoms with Crippen LogP contribution in [0.25, 0.3) is 0 Å². The lowest BCUT2D eigenvalue weighted by molar-refractivity contribution is -0.280. The summed E-state index contributed by atoms with van der Waals surface area (Å²) in [5, 5.41) is 0. The molecule has 2 aliphatic heterocycles. The smallest absolute Gasteiger partial charge is 0.435 e. The Hall–Kier alpha value is -1.68. The summed E-state index contributed by atoms with van der Waals surface area (Å²) in [6.45, 7) is 16.8. The van der Waals surface area contributed by atoms with Crippen molar-refractivity contribution in [2.24, 2.45) is 10.8 Å². The van der Waals surface area contributed by atoms with E-state index in [-0.39, 0.29) is 19.1 Å². The molecule has 0 bridgehead atoms. The van der Waals surface area contributed by atoms with Crippen LogP contribution in [0.5, 0.6) is 0 Å². The first-order valence-corrected chi connectivity index (χ1v) is 8.63. The summed E-state index contributed by atoms with van der Waals surface area (Å²) < 4.78 is 30.6. The molecule has 0 aromatic carbocycles. The van der Waals surface area contributed by atoms with Crippen LogP contribution in [-0.2, 0) is 37.8 Å². The summed E-state index contributed by atoms with van der Waals surface area (Å²) in [6, 6.07) is 0. The molecule has 9 heteroatoms. The molecule has 0 atom stereocenters. The third-order valence-corrected chi connectivity index (χ3v) is 4.12. The van der Waals surface area contributed by atoms with E-state index >= 15 is 0 Å². The van der Waals surface area contributed by atoms with Crippen LogP contribution < -0.4 is 0 Å². The van der Waals surface area contributed by atoms with Gasteiger partial charge in [0.2, 0.25) is 0 Å². The van der Waals surface area contributed by atoms with E-state index in [0.717, 1.165) is 12.5 Å². The van der Waals surface area contributed by atoms with Gasteiger partial charge in [0, 0.05) is 13.2 Å². The van der Waals surface area contributed by atoms with Gasteiger partial charge < -0.3 is 28.3 Å². The largest absolute Gasteiger partial charge is 0.453 e. The molecule has 0 spiro atoms. The molecule has 0 unspecified atom stereocenters. The second-order valence-corrected chi connectivity index (χ2v) is 7.43. The number of hydrogen-bond acceptors (Lipinski definition) is 8. The van der Waals surface area contributed by atoms with Crippen LogP contribution in [0.1, 0.15) is 27.7 Å². The van der Waals surface area contributed by atoms with Gasteiger partial charge in [0.1, 0.15) is 10.8 Å². The maximum absolute atomic E-state index is 11.5. The zero-order valence-corrected chi connectivity index (χ0v) is 16.7. The van der Waals surface area contributed by atoms with Gasteiger partial charge in [-0.25, -0.2) is 0 Å². The topological polar surface area (TPSA) is 89.5 Å². The van der Waals surface area contributed by atoms with Gasteiger partial charge in [-0.15, -0.1) is 0 Å². The van der Waals surface area contributed by atoms with Gasteiger partial charge in [-0.1, -0.05) is 13.2 Å². The van der Waals surface area contributed by atoms with Crippen molar-refractivity contribution in [2.75, 3.05) is 26.4 Å². The Morgan fingerprint density at radius 2 is 1.22 bits per heavy atom. The maximum atomic E-state index is 11.5. The molecule has 0 amide bonds. The number of rotatable bonds is 4. The highest BCUT2D eigenvalue weighted by Crippen LogP contribution is 2.30. The molecule has 2 aliphatic rings. The first-order chi connectivity index (χ1) is 12.5. The average molecular weight is 384 g/mol. The summed E-state index contributed by atoms with van der Waals surface area (Å²) in [4.78, 5) is 22.9. The predicted molar refractivity (Wildman–Crippen MR) is 98.3 cm³/mol. The third-order valence-electron chi connectivity index (χ3n) is 4.12. The van der Waals surface area contributed by atoms with Crippen molar-refractivity contribution in [2.45, 2.75) is 40.3 Å². The van der Waals surface area contributed by atoms with Crippen LogP contribution in [0.2, 0.25) is 6.82 Å². The maximum Gasteiger partial charge on any atom is 0.453 e. The average Bonchev–Trinajstić information content (AvgIpc) is 2.61. The molecule has 0 aromatic rings. The summed E-state index contributed by atoms with van der Waals surface area (Å²) in [7, 11) is -0.246. The fraction of sp³-hybridized carbons (Fsp3) is 0.667. The van der Waals surface area contributed by atoms with Gasteiger partial charge in [-0.3, -0.25) is 9.59 Å². The van der Waals surface area contributed by atoms with E-state index in [1.54, 1.807) is 20.7 Å². The van der Waals surface area contributed by atoms with Gasteiger partial charge in [0.05, 0.1) is 25.7 Å². The van der Waals surface area contributed by atoms with E-state index in [1.807, 2.05) is 13.8 Å². The Bertz CT molecular complexity index is 542. The zero-order chi connectivity index (χ0) is 20.7. The molecule has 2 heterocycles. The molecule has 27 heavy (non-hydrogen) atoms. The Morgan fingerprint density at radius 3 is 1.59 bits per heavy atom. The molecule has 2 fully saturated rings. The quantitative estimate of drug-likeness (QED) is 0.415. The molecular formula is C18H29BO8. The second-order valence-electron chi connectivity index (χ2n) is 7.43. The standard InChI is InChI=1S/C10H16O4.C8H13BO4/c1-5-12-8(11)10(4)6-13-9(2,3)14-7-10;1-4-11-7(10)8(2)5-12-9(3)13-6-8/h5H,1,6-7H2,2-4H3;4H,1,5-6H2,2-3H3. The molecule has 0 radical (unpaired) electrons. The van der Waals surface area contributed by atoms with Crippen molar-refractivity contribution >= 4 is 19.1 Å². The Morgan fingerprint density at radius 1 is 0.852 bits per heavy atom. The SMILES string of the molecule is C=COC(=O)C1(C)COB(C)OC1.C=COC(=O)C1(C)COC(C)(C)OC1. The number of carbonyl (C=O) groups excluding carboxylic acids is 2. The fourth-order valence-corrected chi connectivity index (χ4v) is 2.11. The molecule has 2 rings (SSSR count). The number of carbonyl (C=O) groups is 2. The van der Waals surface area contributed by atoms with Crippen molar-refractivity contribution < 1.29 is 37.8 Å². The lowest BCUT2D eigenvalue weighted by Gasteiger charge is -2.39. The molecule has 8 nitrogen and oxygen atoms in total. The van der Waals surface area contributed by atoms with E-state index in [4.69, 9.17) is 23.5 Å². The molecule has 0 aliphatic carbocycles. The van der Waals surface area contributed by atoms with Crippen LogP contribution in [0, 0.1) is 10.8 Å². The van der Waals surface area contributed by atoms with E-state index in [1.165, 1.54) is 0 Å². The molecule has 0 saturated carbocycles. The minimum atomic E-state index is -0.732. The molecule has 0 N–H and O–H groups in total. The lowest BCUT2D eigenvalue weighted by Crippen LogP contribution is -2.49. The Kier molecular flexibility index (Phi) is 8.22. The predicted octanol–water partition coefficient (Wildman–Crippen LogP) is 2.31. The van der Waals surface area contributed by atoms with E-state index in [2.05, 4.69) is 17.9 Å². The van der Waals surface area contributed by atoms with Crippen molar-refractivity contribution in [3.8, 4) is 0 Å². The number of ether oxygens (including phenoxy) is 4. The minimum absolute atomic E-state index is 0.246. The second kappa shape index (κ2) is 9.50. The monoisotopic (exact) mass is 384 g/mol. The molecule has 0 aromatic heterocycles. The molecular weight excluding hydrogens is 355 g/mol. The van der Waals surface area contributed by atoms with E-state index in [0.29, 0.717) is 26.4 Å². The Balaban J connectivity index is 0.000000271. The van der Waals surface area contributed by atoms with Crippen LogP contribution in [-0.4, -0.2) is 51.3 Å². The first-order valence-electron chi connectivity index (χ1n) is 8.63. The molecule has 152 valence electrons. The van der Waals surface area contributed by atoms with Gasteiger partial charge in [0.25, 0.3) is 0 Å². The van der Waals surface area contributed by atoms with Gasteiger partial charge in [-0.05, 0) is 34.5 Å². The normalized spacial score (nSPS) is 22.5. The first kappa shape index (κ1) is 23.4. The van der Waals surface area contributed by atoms with Crippen LogP contribution >= 0.6 is 0 Å². The number of hydrogen-bond donors (Lipinski definition) is 0. The Labute approximate surface area is 160 Å². The highest BCUT2D eigenvalue weighted by atomic mass is 16.7. The summed E-state index contributed by atoms with van der Waals surface area (Å²) in [6.07, 6.45) is 2.24. The van der Waals surface area contributed by atoms with Crippen molar-refractivity contribution in [3.63, 3.8) is 0 Å². The number of esters is 2. The summed E-state index contributed by atoms with van der Waals surface area (Å²) in [5.74, 6) is -1.36. The summed E-state index contributed by atoms with van der Waals surface area (Å²) >= 11 is 0. The lowest BCUT2D eigenvalue weighted by atomic mass is 9.85. The zero-order valence-electron chi connectivity index (χ0n) is 16.7. The van der Waals surface area contributed by atoms with E-state index in [9.17, 15) is 9.59 Å². The van der Waals surface area contributed by atoms with E-state index < -0.39 is 16.6 Å². The highest BCUT2D eigenvalue weighted by Gasteiger charge is 2.43. The van der Waals surface area contributed by atoms with Crippen LogP contribution in [0.4, 0.5) is 0 Å². The molecule has 2 saturated heterocycles.